The summed E-state index contributed by atoms with van der Waals surface area (Å²) in [6.45, 7) is 7.30. The van der Waals surface area contributed by atoms with E-state index in [1.54, 1.807) is 12.1 Å². The number of anilines is 1. The molecule has 5 aliphatic heterocycles. The highest BCUT2D eigenvalue weighted by molar-refractivity contribution is 6.23. The number of hydrogen-bond acceptors (Lipinski definition) is 8. The van der Waals surface area contributed by atoms with Crippen LogP contribution in [-0.2, 0) is 14.3 Å². The van der Waals surface area contributed by atoms with E-state index in [2.05, 4.69) is 20.4 Å². The Labute approximate surface area is 223 Å². The van der Waals surface area contributed by atoms with E-state index >= 15 is 0 Å². The maximum Gasteiger partial charge on any atom is 0.262 e. The number of amides is 4. The molecule has 1 aromatic carbocycles. The minimum absolute atomic E-state index is 0.114. The molecule has 2 atom stereocenters. The molecule has 1 aromatic rings. The summed E-state index contributed by atoms with van der Waals surface area (Å²) in [5.41, 5.74) is 1.55. The third kappa shape index (κ3) is 5.09. The van der Waals surface area contributed by atoms with Crippen molar-refractivity contribution in [2.24, 2.45) is 5.92 Å². The molecule has 0 bridgehead atoms. The fraction of sp³-hybridized carbons (Fsp3) is 0.643. The number of nitrogens with zero attached hydrogens (tertiary/aromatic N) is 3. The minimum atomic E-state index is -0.942. The zero-order valence-electron chi connectivity index (χ0n) is 21.8. The third-order valence-corrected chi connectivity index (χ3v) is 8.82. The van der Waals surface area contributed by atoms with Crippen LogP contribution >= 0.6 is 0 Å². The Hall–Kier alpha value is -2.82. The summed E-state index contributed by atoms with van der Waals surface area (Å²) in [6, 6.07) is 4.41. The first-order chi connectivity index (χ1) is 18.5. The molecule has 10 heteroatoms. The number of imide groups is 2. The molecule has 38 heavy (non-hydrogen) atoms. The van der Waals surface area contributed by atoms with Gasteiger partial charge in [0.2, 0.25) is 11.8 Å². The van der Waals surface area contributed by atoms with Crippen molar-refractivity contribution in [3.05, 3.63) is 29.3 Å². The number of benzene rings is 1. The lowest BCUT2D eigenvalue weighted by Crippen LogP contribution is -2.54. The lowest BCUT2D eigenvalue weighted by Gasteiger charge is -2.35. The van der Waals surface area contributed by atoms with E-state index in [-0.39, 0.29) is 24.9 Å². The molecular weight excluding hydrogens is 486 g/mol. The molecule has 0 aromatic heterocycles. The molecular formula is C28H37N5O5. The van der Waals surface area contributed by atoms with Crippen molar-refractivity contribution in [3.63, 3.8) is 0 Å². The Bertz CT molecular complexity index is 1110. The van der Waals surface area contributed by atoms with Crippen molar-refractivity contribution in [1.82, 2.24) is 20.4 Å². The minimum Gasteiger partial charge on any atom is -0.373 e. The number of nitrogens with one attached hydrogen (secondary N) is 2. The highest BCUT2D eigenvalue weighted by Gasteiger charge is 2.44. The number of hydrogen-bond donors (Lipinski definition) is 2. The van der Waals surface area contributed by atoms with Crippen molar-refractivity contribution < 1.29 is 23.9 Å². The number of rotatable bonds is 6. The summed E-state index contributed by atoms with van der Waals surface area (Å²) in [5, 5.41) is 5.69. The Kier molecular flexibility index (Phi) is 7.20. The highest BCUT2D eigenvalue weighted by atomic mass is 16.5. The van der Waals surface area contributed by atoms with Crippen molar-refractivity contribution >= 4 is 29.3 Å². The maximum absolute atomic E-state index is 13.2. The van der Waals surface area contributed by atoms with Gasteiger partial charge >= 0.3 is 0 Å². The number of likely N-dealkylation sites (tertiary alicyclic amines) is 1. The molecule has 0 saturated carbocycles. The normalized spacial score (nSPS) is 27.8. The van der Waals surface area contributed by atoms with E-state index in [1.807, 2.05) is 6.07 Å². The summed E-state index contributed by atoms with van der Waals surface area (Å²) in [4.78, 5) is 55.8. The van der Waals surface area contributed by atoms with Crippen LogP contribution in [0.1, 0.15) is 65.7 Å². The number of ether oxygens (including phenoxy) is 1. The quantitative estimate of drug-likeness (QED) is 0.535. The van der Waals surface area contributed by atoms with E-state index < -0.39 is 23.8 Å². The number of carbonyl (C=O) groups is 4. The van der Waals surface area contributed by atoms with Gasteiger partial charge in [0.25, 0.3) is 11.8 Å². The molecule has 5 aliphatic rings. The van der Waals surface area contributed by atoms with Crippen molar-refractivity contribution in [2.45, 2.75) is 63.2 Å². The predicted octanol–water partition coefficient (Wildman–Crippen LogP) is 1.15. The zero-order valence-corrected chi connectivity index (χ0v) is 21.8. The fourth-order valence-corrected chi connectivity index (χ4v) is 6.68. The van der Waals surface area contributed by atoms with Crippen LogP contribution in [0.15, 0.2) is 18.2 Å². The number of piperidine rings is 3. The number of fused-ring (bicyclic) bond motifs is 1. The van der Waals surface area contributed by atoms with Gasteiger partial charge in [0, 0.05) is 44.8 Å². The van der Waals surface area contributed by atoms with Crippen LogP contribution in [-0.4, -0.2) is 97.5 Å². The van der Waals surface area contributed by atoms with E-state index in [1.165, 1.54) is 19.4 Å². The fourth-order valence-electron chi connectivity index (χ4n) is 6.68. The molecule has 0 radical (unpaired) electrons. The molecule has 6 rings (SSSR count). The second kappa shape index (κ2) is 10.7. The summed E-state index contributed by atoms with van der Waals surface area (Å²) >= 11 is 0. The van der Waals surface area contributed by atoms with Crippen LogP contribution in [0.4, 0.5) is 5.69 Å². The van der Waals surface area contributed by atoms with Gasteiger partial charge in [-0.3, -0.25) is 29.4 Å². The van der Waals surface area contributed by atoms with Crippen LogP contribution in [0.25, 0.3) is 0 Å². The molecule has 0 aliphatic carbocycles. The monoisotopic (exact) mass is 523 g/mol. The van der Waals surface area contributed by atoms with Gasteiger partial charge in [-0.05, 0) is 75.7 Å². The van der Waals surface area contributed by atoms with Crippen LogP contribution in [0, 0.1) is 5.92 Å². The third-order valence-electron chi connectivity index (χ3n) is 8.82. The van der Waals surface area contributed by atoms with Gasteiger partial charge in [-0.2, -0.15) is 0 Å². The van der Waals surface area contributed by atoms with Crippen LogP contribution < -0.4 is 15.5 Å². The van der Waals surface area contributed by atoms with E-state index in [0.717, 1.165) is 75.0 Å². The zero-order chi connectivity index (χ0) is 26.2. The summed E-state index contributed by atoms with van der Waals surface area (Å²) in [6.07, 6.45) is 6.35. The smallest absolute Gasteiger partial charge is 0.262 e. The first-order valence-electron chi connectivity index (χ1n) is 14.2. The second-order valence-corrected chi connectivity index (χ2v) is 11.4. The van der Waals surface area contributed by atoms with Gasteiger partial charge in [-0.15, -0.1) is 0 Å². The number of carbonyl (C=O) groups excluding carboxylic acids is 4. The van der Waals surface area contributed by atoms with E-state index in [0.29, 0.717) is 17.2 Å². The summed E-state index contributed by atoms with van der Waals surface area (Å²) < 4.78 is 6.51. The topological polar surface area (TPSA) is 111 Å². The SMILES string of the molecule is O=C1CCC(N2C(=O)c3ccc(N4CCC(O[C@H]5CCN(CC6CCNCC6)C5)CC4)cc3C2=O)C(=O)N1. The Morgan fingerprint density at radius 1 is 0.842 bits per heavy atom. The average molecular weight is 524 g/mol. The molecule has 5 heterocycles. The first-order valence-corrected chi connectivity index (χ1v) is 14.2. The van der Waals surface area contributed by atoms with Gasteiger partial charge in [0.05, 0.1) is 23.3 Å². The highest BCUT2D eigenvalue weighted by Crippen LogP contribution is 2.32. The van der Waals surface area contributed by atoms with Crippen molar-refractivity contribution in [2.75, 3.05) is 50.7 Å². The standard InChI is InChI=1S/C28H37N5O5/c34-25-4-3-24(26(35)30-25)33-27(36)22-2-1-19(15-23(22)28(33)37)32-13-8-20(9-14-32)38-21-7-12-31(17-21)16-18-5-10-29-11-6-18/h1-2,15,18,20-21,24,29H,3-14,16-17H2,(H,30,34,35)/t21-,24?/m0/s1. The van der Waals surface area contributed by atoms with Gasteiger partial charge in [-0.1, -0.05) is 0 Å². The first kappa shape index (κ1) is 25.5. The molecule has 0 spiro atoms. The maximum atomic E-state index is 13.2. The average Bonchev–Trinajstić information content (AvgIpc) is 3.46. The van der Waals surface area contributed by atoms with Crippen molar-refractivity contribution in [1.29, 1.82) is 0 Å². The lowest BCUT2D eigenvalue weighted by molar-refractivity contribution is -0.136. The molecule has 10 nitrogen and oxygen atoms in total. The predicted molar refractivity (Wildman–Crippen MR) is 140 cm³/mol. The Morgan fingerprint density at radius 3 is 2.34 bits per heavy atom. The molecule has 4 saturated heterocycles. The van der Waals surface area contributed by atoms with Crippen LogP contribution in [0.3, 0.4) is 0 Å². The Morgan fingerprint density at radius 2 is 1.58 bits per heavy atom. The molecule has 2 N–H and O–H groups in total. The van der Waals surface area contributed by atoms with Crippen LogP contribution in [0.2, 0.25) is 0 Å². The molecule has 1 unspecified atom stereocenters. The van der Waals surface area contributed by atoms with Crippen LogP contribution in [0.5, 0.6) is 0 Å². The van der Waals surface area contributed by atoms with Gasteiger partial charge in [0.15, 0.2) is 0 Å². The van der Waals surface area contributed by atoms with E-state index in [4.69, 9.17) is 4.74 Å². The molecule has 204 valence electrons. The van der Waals surface area contributed by atoms with Gasteiger partial charge < -0.3 is 19.9 Å². The van der Waals surface area contributed by atoms with Gasteiger partial charge in [0.1, 0.15) is 6.04 Å². The molecule has 4 fully saturated rings. The second-order valence-electron chi connectivity index (χ2n) is 11.4. The largest absolute Gasteiger partial charge is 0.373 e. The summed E-state index contributed by atoms with van der Waals surface area (Å²) in [7, 11) is 0. The van der Waals surface area contributed by atoms with Gasteiger partial charge in [-0.25, -0.2) is 0 Å². The summed E-state index contributed by atoms with van der Waals surface area (Å²) in [5.74, 6) is -1.09. The molecule has 4 amide bonds. The lowest BCUT2D eigenvalue weighted by atomic mass is 9.98. The van der Waals surface area contributed by atoms with Crippen molar-refractivity contribution in [3.8, 4) is 0 Å². The van der Waals surface area contributed by atoms with E-state index in [9.17, 15) is 19.2 Å². The Balaban J connectivity index is 1.02.